The second-order valence-corrected chi connectivity index (χ2v) is 11.0. The summed E-state index contributed by atoms with van der Waals surface area (Å²) >= 11 is 0. The summed E-state index contributed by atoms with van der Waals surface area (Å²) < 4.78 is 29.3. The van der Waals surface area contributed by atoms with Crippen molar-refractivity contribution >= 4 is 21.8 Å². The molecule has 0 spiro atoms. The summed E-state index contributed by atoms with van der Waals surface area (Å²) in [6.07, 6.45) is 4.08. The fourth-order valence-corrected chi connectivity index (χ4v) is 6.88. The van der Waals surface area contributed by atoms with Crippen LogP contribution in [0.4, 0.5) is 0 Å². The van der Waals surface area contributed by atoms with E-state index in [0.29, 0.717) is 70.1 Å². The second kappa shape index (κ2) is 8.49. The van der Waals surface area contributed by atoms with Gasteiger partial charge in [-0.15, -0.1) is 0 Å². The van der Waals surface area contributed by atoms with Crippen LogP contribution in [0.2, 0.25) is 0 Å². The molecule has 164 valence electrons. The van der Waals surface area contributed by atoms with Crippen molar-refractivity contribution in [3.63, 3.8) is 0 Å². The van der Waals surface area contributed by atoms with Crippen LogP contribution in [0.15, 0.2) is 18.2 Å². The van der Waals surface area contributed by atoms with E-state index in [1.807, 2.05) is 25.1 Å². The molecule has 0 bridgehead atoms. The zero-order valence-corrected chi connectivity index (χ0v) is 18.4. The smallest absolute Gasteiger partial charge is 0.282 e. The summed E-state index contributed by atoms with van der Waals surface area (Å²) in [5.74, 6) is 0.451. The van der Waals surface area contributed by atoms with Crippen LogP contribution < -0.4 is 5.73 Å². The van der Waals surface area contributed by atoms with Gasteiger partial charge in [-0.2, -0.15) is 17.0 Å². The molecule has 30 heavy (non-hydrogen) atoms. The number of nitrogens with two attached hydrogens (primary N) is 1. The van der Waals surface area contributed by atoms with Gasteiger partial charge >= 0.3 is 0 Å². The molecular weight excluding hydrogens is 402 g/mol. The van der Waals surface area contributed by atoms with Gasteiger partial charge in [-0.3, -0.25) is 9.59 Å². The monoisotopic (exact) mass is 433 g/mol. The summed E-state index contributed by atoms with van der Waals surface area (Å²) in [6.45, 7) is 3.35. The van der Waals surface area contributed by atoms with Crippen molar-refractivity contribution in [3.8, 4) is 0 Å². The Hall–Kier alpha value is -1.61. The fraction of sp³-hybridized carbons (Fsp3) is 0.636. The number of piperidine rings is 2. The first-order valence-corrected chi connectivity index (χ1v) is 12.3. The molecular formula is C22H31N3O4S. The molecule has 1 aliphatic carbocycles. The Labute approximate surface area is 178 Å². The molecule has 0 unspecified atom stereocenters. The predicted octanol–water partition coefficient (Wildman–Crippen LogP) is 1.70. The predicted molar refractivity (Wildman–Crippen MR) is 114 cm³/mol. The molecule has 7 nitrogen and oxygen atoms in total. The number of carbonyl (C=O) groups excluding carboxylic acids is 2. The minimum atomic E-state index is -3.48. The number of carbonyl (C=O) groups is 2. The van der Waals surface area contributed by atoms with Crippen molar-refractivity contribution in [1.29, 1.82) is 0 Å². The first kappa shape index (κ1) is 21.6. The lowest BCUT2D eigenvalue weighted by Gasteiger charge is -2.40. The largest absolute Gasteiger partial charge is 0.328 e. The van der Waals surface area contributed by atoms with Crippen molar-refractivity contribution in [1.82, 2.24) is 8.61 Å². The maximum absolute atomic E-state index is 13.1. The van der Waals surface area contributed by atoms with E-state index in [1.165, 1.54) is 0 Å². The van der Waals surface area contributed by atoms with Crippen LogP contribution in [0.25, 0.3) is 0 Å². The third kappa shape index (κ3) is 4.37. The zero-order chi connectivity index (χ0) is 21.5. The Morgan fingerprint density at radius 1 is 1.10 bits per heavy atom. The molecule has 2 saturated heterocycles. The average molecular weight is 434 g/mol. The average Bonchev–Trinajstić information content (AvgIpc) is 3.07. The van der Waals surface area contributed by atoms with Gasteiger partial charge in [0.25, 0.3) is 10.2 Å². The molecule has 2 fully saturated rings. The molecule has 0 saturated carbocycles. The van der Waals surface area contributed by atoms with Gasteiger partial charge in [-0.25, -0.2) is 0 Å². The van der Waals surface area contributed by atoms with E-state index in [9.17, 15) is 18.0 Å². The highest BCUT2D eigenvalue weighted by Gasteiger charge is 2.38. The SMILES string of the molecule is C[C@H]1C[C@@H](CC(=O)c2ccc3c(c2)CC(=O)C3)CCN1S(=O)(=O)N1CCC(N)CC1. The van der Waals surface area contributed by atoms with Crippen LogP contribution in [0, 0.1) is 5.92 Å². The van der Waals surface area contributed by atoms with Crippen LogP contribution in [0.3, 0.4) is 0 Å². The van der Waals surface area contributed by atoms with E-state index < -0.39 is 10.2 Å². The van der Waals surface area contributed by atoms with Gasteiger partial charge < -0.3 is 5.73 Å². The lowest BCUT2D eigenvalue weighted by Crippen LogP contribution is -2.53. The van der Waals surface area contributed by atoms with Crippen LogP contribution in [0.5, 0.6) is 0 Å². The van der Waals surface area contributed by atoms with E-state index in [-0.39, 0.29) is 29.6 Å². The van der Waals surface area contributed by atoms with Crippen molar-refractivity contribution in [3.05, 3.63) is 34.9 Å². The van der Waals surface area contributed by atoms with Crippen molar-refractivity contribution < 1.29 is 18.0 Å². The molecule has 2 heterocycles. The van der Waals surface area contributed by atoms with E-state index in [1.54, 1.807) is 8.61 Å². The first-order valence-electron chi connectivity index (χ1n) is 10.9. The first-order chi connectivity index (χ1) is 14.2. The summed E-state index contributed by atoms with van der Waals surface area (Å²) in [5.41, 5.74) is 8.58. The van der Waals surface area contributed by atoms with Crippen LogP contribution in [0.1, 0.15) is 60.5 Å². The molecule has 1 aromatic carbocycles. The number of ketones is 2. The molecule has 8 heteroatoms. The quantitative estimate of drug-likeness (QED) is 0.712. The number of benzene rings is 1. The summed E-state index contributed by atoms with van der Waals surface area (Å²) in [6, 6.07) is 5.55. The zero-order valence-electron chi connectivity index (χ0n) is 17.5. The van der Waals surface area contributed by atoms with Crippen molar-refractivity contribution in [2.75, 3.05) is 19.6 Å². The van der Waals surface area contributed by atoms with Gasteiger partial charge in [-0.05, 0) is 55.7 Å². The number of hydrogen-bond acceptors (Lipinski definition) is 5. The van der Waals surface area contributed by atoms with Gasteiger partial charge in [0.1, 0.15) is 5.78 Å². The lowest BCUT2D eigenvalue weighted by molar-refractivity contribution is -0.117. The molecule has 1 aromatic rings. The van der Waals surface area contributed by atoms with E-state index in [2.05, 4.69) is 0 Å². The fourth-order valence-electron chi connectivity index (χ4n) is 5.03. The Morgan fingerprint density at radius 2 is 1.80 bits per heavy atom. The summed E-state index contributed by atoms with van der Waals surface area (Å²) in [4.78, 5) is 24.4. The van der Waals surface area contributed by atoms with Gasteiger partial charge in [0.15, 0.2) is 5.78 Å². The Bertz CT molecular complexity index is 938. The molecule has 0 radical (unpaired) electrons. The topological polar surface area (TPSA) is 101 Å². The molecule has 2 atom stereocenters. The molecule has 2 N–H and O–H groups in total. The van der Waals surface area contributed by atoms with Crippen molar-refractivity contribution in [2.45, 2.75) is 64.0 Å². The van der Waals surface area contributed by atoms with E-state index >= 15 is 0 Å². The molecule has 0 aromatic heterocycles. The summed E-state index contributed by atoms with van der Waals surface area (Å²) in [7, 11) is -3.48. The van der Waals surface area contributed by atoms with Crippen LogP contribution in [-0.4, -0.2) is 60.3 Å². The van der Waals surface area contributed by atoms with Crippen molar-refractivity contribution in [2.24, 2.45) is 11.7 Å². The molecule has 3 aliphatic rings. The Balaban J connectivity index is 1.36. The maximum atomic E-state index is 13.1. The lowest BCUT2D eigenvalue weighted by atomic mass is 9.87. The number of rotatable bonds is 5. The minimum Gasteiger partial charge on any atom is -0.328 e. The third-order valence-electron chi connectivity index (χ3n) is 6.82. The highest BCUT2D eigenvalue weighted by atomic mass is 32.2. The number of fused-ring (bicyclic) bond motifs is 1. The third-order valence-corrected chi connectivity index (χ3v) is 8.98. The Morgan fingerprint density at radius 3 is 2.50 bits per heavy atom. The van der Waals surface area contributed by atoms with Crippen LogP contribution >= 0.6 is 0 Å². The minimum absolute atomic E-state index is 0.0793. The molecule has 4 rings (SSSR count). The second-order valence-electron chi connectivity index (χ2n) is 9.10. The number of Topliss-reactive ketones (excluding diaryl/α,β-unsaturated/α-hetero) is 2. The van der Waals surface area contributed by atoms with E-state index in [4.69, 9.17) is 5.73 Å². The normalized spacial score (nSPS) is 26.7. The van der Waals surface area contributed by atoms with Gasteiger partial charge in [-0.1, -0.05) is 12.1 Å². The number of nitrogens with zero attached hydrogens (tertiary/aromatic N) is 2. The van der Waals surface area contributed by atoms with Gasteiger partial charge in [0, 0.05) is 56.5 Å². The standard InChI is InChI=1S/C22H31N3O4S/c1-15-10-16(4-9-25(15)30(28,29)24-7-5-20(23)6-8-24)11-22(27)18-3-2-17-13-21(26)14-19(17)12-18/h2-3,12,15-16,20H,4-11,13-14,23H2,1H3/t15-,16-/m0/s1. The van der Waals surface area contributed by atoms with Crippen LogP contribution in [-0.2, 0) is 27.8 Å². The molecule has 2 aliphatic heterocycles. The molecule has 0 amide bonds. The highest BCUT2D eigenvalue weighted by Crippen LogP contribution is 2.31. The summed E-state index contributed by atoms with van der Waals surface area (Å²) in [5, 5.41) is 0. The van der Waals surface area contributed by atoms with E-state index in [0.717, 1.165) is 11.1 Å². The van der Waals surface area contributed by atoms with Gasteiger partial charge in [0.2, 0.25) is 0 Å². The number of hydrogen-bond donors (Lipinski definition) is 1. The highest BCUT2D eigenvalue weighted by molar-refractivity contribution is 7.86. The van der Waals surface area contributed by atoms with Gasteiger partial charge in [0.05, 0.1) is 0 Å². The maximum Gasteiger partial charge on any atom is 0.282 e. The Kier molecular flexibility index (Phi) is 6.12.